The average Bonchev–Trinajstić information content (AvgIpc) is 2.57. The number of nitrogens with zero attached hydrogens (tertiary/aromatic N) is 2. The summed E-state index contributed by atoms with van der Waals surface area (Å²) in [5.41, 5.74) is 1.18. The van der Waals surface area contributed by atoms with Gasteiger partial charge in [-0.3, -0.25) is 0 Å². The molecule has 1 aromatic heterocycles. The molecule has 0 saturated carbocycles. The SMILES string of the molecule is CN(C)CCn1ccc2cc(O)ccc21. The lowest BCUT2D eigenvalue weighted by atomic mass is 10.2. The molecule has 0 amide bonds. The Morgan fingerprint density at radius 3 is 2.80 bits per heavy atom. The number of benzene rings is 1. The number of likely N-dealkylation sites (N-methyl/N-ethyl adjacent to an activating group) is 1. The van der Waals surface area contributed by atoms with Gasteiger partial charge in [-0.1, -0.05) is 0 Å². The maximum atomic E-state index is 9.34. The molecular formula is C12H16N2O. The van der Waals surface area contributed by atoms with Gasteiger partial charge in [-0.2, -0.15) is 0 Å². The third-order valence-corrected chi connectivity index (χ3v) is 2.54. The van der Waals surface area contributed by atoms with Crippen LogP contribution in [0.5, 0.6) is 5.75 Å². The Kier molecular flexibility index (Phi) is 2.64. The van der Waals surface area contributed by atoms with E-state index in [-0.39, 0.29) is 0 Å². The first kappa shape index (κ1) is 10.1. The van der Waals surface area contributed by atoms with E-state index in [1.54, 1.807) is 12.1 Å². The first-order valence-electron chi connectivity index (χ1n) is 5.09. The summed E-state index contributed by atoms with van der Waals surface area (Å²) in [6.45, 7) is 1.99. The van der Waals surface area contributed by atoms with Gasteiger partial charge in [0.25, 0.3) is 0 Å². The summed E-state index contributed by atoms with van der Waals surface area (Å²) in [4.78, 5) is 2.16. The minimum Gasteiger partial charge on any atom is -0.508 e. The van der Waals surface area contributed by atoms with Crippen LogP contribution in [0, 0.1) is 0 Å². The highest BCUT2D eigenvalue weighted by molar-refractivity contribution is 5.81. The number of hydrogen-bond acceptors (Lipinski definition) is 2. The number of hydrogen-bond donors (Lipinski definition) is 1. The van der Waals surface area contributed by atoms with E-state index in [1.165, 1.54) is 5.52 Å². The number of fused-ring (bicyclic) bond motifs is 1. The smallest absolute Gasteiger partial charge is 0.116 e. The van der Waals surface area contributed by atoms with E-state index in [0.29, 0.717) is 5.75 Å². The summed E-state index contributed by atoms with van der Waals surface area (Å²) >= 11 is 0. The van der Waals surface area contributed by atoms with E-state index in [1.807, 2.05) is 12.1 Å². The maximum Gasteiger partial charge on any atom is 0.116 e. The molecule has 0 atom stereocenters. The fraction of sp³-hybridized carbons (Fsp3) is 0.333. The summed E-state index contributed by atoms with van der Waals surface area (Å²) in [6.07, 6.45) is 2.06. The molecular weight excluding hydrogens is 188 g/mol. The fourth-order valence-electron chi connectivity index (χ4n) is 1.69. The van der Waals surface area contributed by atoms with Crippen molar-refractivity contribution in [1.82, 2.24) is 9.47 Å². The van der Waals surface area contributed by atoms with Gasteiger partial charge in [-0.05, 0) is 38.4 Å². The van der Waals surface area contributed by atoms with Crippen LogP contribution in [0.15, 0.2) is 30.5 Å². The molecule has 0 aliphatic carbocycles. The molecule has 0 unspecified atom stereocenters. The van der Waals surface area contributed by atoms with E-state index in [9.17, 15) is 5.11 Å². The van der Waals surface area contributed by atoms with E-state index < -0.39 is 0 Å². The minimum atomic E-state index is 0.327. The minimum absolute atomic E-state index is 0.327. The zero-order valence-electron chi connectivity index (χ0n) is 9.14. The highest BCUT2D eigenvalue weighted by Gasteiger charge is 2.01. The topological polar surface area (TPSA) is 28.4 Å². The highest BCUT2D eigenvalue weighted by Crippen LogP contribution is 2.20. The van der Waals surface area contributed by atoms with Gasteiger partial charge in [-0.15, -0.1) is 0 Å². The first-order valence-corrected chi connectivity index (χ1v) is 5.09. The molecule has 0 aliphatic rings. The van der Waals surface area contributed by atoms with Crippen molar-refractivity contribution >= 4 is 10.9 Å². The lowest BCUT2D eigenvalue weighted by Gasteiger charge is -2.11. The predicted molar refractivity (Wildman–Crippen MR) is 62.2 cm³/mol. The molecule has 0 bridgehead atoms. The molecule has 80 valence electrons. The van der Waals surface area contributed by atoms with Crippen molar-refractivity contribution < 1.29 is 5.11 Å². The second-order valence-electron chi connectivity index (χ2n) is 4.06. The number of phenolic OH excluding ortho intramolecular Hbond substituents is 1. The molecule has 0 saturated heterocycles. The highest BCUT2D eigenvalue weighted by atomic mass is 16.3. The Labute approximate surface area is 89.5 Å². The zero-order chi connectivity index (χ0) is 10.8. The van der Waals surface area contributed by atoms with Gasteiger partial charge in [0.2, 0.25) is 0 Å². The number of phenols is 1. The Morgan fingerprint density at radius 2 is 2.07 bits per heavy atom. The molecule has 3 nitrogen and oxygen atoms in total. The molecule has 1 aromatic carbocycles. The van der Waals surface area contributed by atoms with Crippen LogP contribution in [0.2, 0.25) is 0 Å². The lowest BCUT2D eigenvalue weighted by molar-refractivity contribution is 0.387. The maximum absolute atomic E-state index is 9.34. The Hall–Kier alpha value is -1.48. The van der Waals surface area contributed by atoms with Crippen LogP contribution in [0.1, 0.15) is 0 Å². The number of aromatic nitrogens is 1. The van der Waals surface area contributed by atoms with Gasteiger partial charge >= 0.3 is 0 Å². The van der Waals surface area contributed by atoms with E-state index in [2.05, 4.69) is 29.8 Å². The van der Waals surface area contributed by atoms with Gasteiger partial charge in [0.1, 0.15) is 5.75 Å². The van der Waals surface area contributed by atoms with Crippen molar-refractivity contribution in [3.05, 3.63) is 30.5 Å². The number of rotatable bonds is 3. The van der Waals surface area contributed by atoms with Crippen LogP contribution in [-0.4, -0.2) is 35.2 Å². The van der Waals surface area contributed by atoms with Crippen LogP contribution in [0.3, 0.4) is 0 Å². The largest absolute Gasteiger partial charge is 0.508 e. The van der Waals surface area contributed by atoms with Crippen LogP contribution >= 0.6 is 0 Å². The van der Waals surface area contributed by atoms with Crippen molar-refractivity contribution in [2.75, 3.05) is 20.6 Å². The second-order valence-corrected chi connectivity index (χ2v) is 4.06. The molecule has 2 aromatic rings. The van der Waals surface area contributed by atoms with Crippen LogP contribution in [0.4, 0.5) is 0 Å². The molecule has 3 heteroatoms. The molecule has 0 aliphatic heterocycles. The Bertz CT molecular complexity index is 460. The quantitative estimate of drug-likeness (QED) is 0.827. The zero-order valence-corrected chi connectivity index (χ0v) is 9.14. The summed E-state index contributed by atoms with van der Waals surface area (Å²) in [5.74, 6) is 0.327. The standard InChI is InChI=1S/C12H16N2O/c1-13(2)7-8-14-6-5-10-9-11(15)3-4-12(10)14/h3-6,9,15H,7-8H2,1-2H3. The molecule has 0 fully saturated rings. The van der Waals surface area contributed by atoms with Crippen LogP contribution < -0.4 is 0 Å². The lowest BCUT2D eigenvalue weighted by Crippen LogP contribution is -2.17. The van der Waals surface area contributed by atoms with Gasteiger partial charge < -0.3 is 14.6 Å². The van der Waals surface area contributed by atoms with Gasteiger partial charge in [0.05, 0.1) is 0 Å². The molecule has 2 rings (SSSR count). The van der Waals surface area contributed by atoms with Crippen molar-refractivity contribution in [3.63, 3.8) is 0 Å². The summed E-state index contributed by atoms with van der Waals surface area (Å²) in [7, 11) is 4.13. The first-order chi connectivity index (χ1) is 7.16. The average molecular weight is 204 g/mol. The number of aromatic hydroxyl groups is 1. The third kappa shape index (κ3) is 2.13. The van der Waals surface area contributed by atoms with E-state index >= 15 is 0 Å². The third-order valence-electron chi connectivity index (χ3n) is 2.54. The Morgan fingerprint density at radius 1 is 1.27 bits per heavy atom. The predicted octanol–water partition coefficient (Wildman–Crippen LogP) is 1.91. The normalized spacial score (nSPS) is 11.4. The summed E-state index contributed by atoms with van der Waals surface area (Å²) < 4.78 is 2.20. The molecule has 0 radical (unpaired) electrons. The van der Waals surface area contributed by atoms with Crippen LogP contribution in [0.25, 0.3) is 10.9 Å². The molecule has 1 N–H and O–H groups in total. The van der Waals surface area contributed by atoms with E-state index in [4.69, 9.17) is 0 Å². The monoisotopic (exact) mass is 204 g/mol. The van der Waals surface area contributed by atoms with Gasteiger partial charge in [0.15, 0.2) is 0 Å². The van der Waals surface area contributed by atoms with Crippen LogP contribution in [-0.2, 0) is 6.54 Å². The van der Waals surface area contributed by atoms with Crippen molar-refractivity contribution in [2.24, 2.45) is 0 Å². The Balaban J connectivity index is 2.29. The van der Waals surface area contributed by atoms with Crippen molar-refractivity contribution in [2.45, 2.75) is 6.54 Å². The van der Waals surface area contributed by atoms with E-state index in [0.717, 1.165) is 18.5 Å². The van der Waals surface area contributed by atoms with Gasteiger partial charge in [-0.25, -0.2) is 0 Å². The summed E-state index contributed by atoms with van der Waals surface area (Å²) in [6, 6.07) is 7.51. The van der Waals surface area contributed by atoms with Gasteiger partial charge in [0, 0.05) is 30.2 Å². The molecule has 1 heterocycles. The molecule has 15 heavy (non-hydrogen) atoms. The summed E-state index contributed by atoms with van der Waals surface area (Å²) in [5, 5.41) is 10.4. The van der Waals surface area contributed by atoms with Crippen molar-refractivity contribution in [1.29, 1.82) is 0 Å². The van der Waals surface area contributed by atoms with Crippen molar-refractivity contribution in [3.8, 4) is 5.75 Å². The second kappa shape index (κ2) is 3.95. The fourth-order valence-corrected chi connectivity index (χ4v) is 1.69. The molecule has 0 spiro atoms.